The molecule has 0 unspecified atom stereocenters. The lowest BCUT2D eigenvalue weighted by Crippen LogP contribution is -2.38. The standard InChI is InChI=1S/C17H21ClN4.HI/c1-2-19-17(22-13-16-8-3-4-10-20-16)21-11-9-14-6-5-7-15(18)12-14;/h3-8,10,12H,2,9,11,13H2,1H3,(H2,19,21,22);1H. The van der Waals surface area contributed by atoms with Gasteiger partial charge in [-0.15, -0.1) is 24.0 Å². The fraction of sp³-hybridized carbons (Fsp3) is 0.294. The molecule has 1 aromatic carbocycles. The van der Waals surface area contributed by atoms with Crippen LogP contribution in [0.15, 0.2) is 53.7 Å². The van der Waals surface area contributed by atoms with Crippen molar-refractivity contribution in [3.05, 3.63) is 64.9 Å². The van der Waals surface area contributed by atoms with Gasteiger partial charge in [-0.25, -0.2) is 4.99 Å². The normalized spacial score (nSPS) is 10.8. The van der Waals surface area contributed by atoms with E-state index in [1.807, 2.05) is 36.4 Å². The van der Waals surface area contributed by atoms with Crippen molar-refractivity contribution in [3.8, 4) is 0 Å². The van der Waals surface area contributed by atoms with E-state index in [2.05, 4.69) is 33.6 Å². The lowest BCUT2D eigenvalue weighted by atomic mass is 10.1. The number of nitrogens with one attached hydrogen (secondary N) is 2. The number of hydrogen-bond acceptors (Lipinski definition) is 2. The average Bonchev–Trinajstić information content (AvgIpc) is 2.54. The molecule has 2 N–H and O–H groups in total. The van der Waals surface area contributed by atoms with Gasteiger partial charge in [0.1, 0.15) is 0 Å². The van der Waals surface area contributed by atoms with Gasteiger partial charge in [-0.1, -0.05) is 29.8 Å². The summed E-state index contributed by atoms with van der Waals surface area (Å²) in [6.45, 7) is 4.24. The second-order valence-electron chi connectivity index (χ2n) is 4.82. The number of rotatable bonds is 6. The minimum atomic E-state index is 0. The van der Waals surface area contributed by atoms with Crippen LogP contribution in [0.4, 0.5) is 0 Å². The van der Waals surface area contributed by atoms with Crippen LogP contribution in [0.5, 0.6) is 0 Å². The zero-order valence-corrected chi connectivity index (χ0v) is 16.2. The summed E-state index contributed by atoms with van der Waals surface area (Å²) in [6, 6.07) is 13.8. The number of hydrogen-bond donors (Lipinski definition) is 2. The van der Waals surface area contributed by atoms with Gasteiger partial charge in [0.25, 0.3) is 0 Å². The van der Waals surface area contributed by atoms with Gasteiger partial charge in [0.2, 0.25) is 0 Å². The van der Waals surface area contributed by atoms with Crippen LogP contribution in [0.1, 0.15) is 18.2 Å². The first kappa shape index (κ1) is 19.7. The maximum Gasteiger partial charge on any atom is 0.191 e. The summed E-state index contributed by atoms with van der Waals surface area (Å²) in [7, 11) is 0. The van der Waals surface area contributed by atoms with Crippen molar-refractivity contribution < 1.29 is 0 Å². The Balaban J connectivity index is 0.00000264. The molecule has 0 aliphatic carbocycles. The van der Waals surface area contributed by atoms with Gasteiger partial charge in [0, 0.05) is 24.3 Å². The van der Waals surface area contributed by atoms with Gasteiger partial charge in [-0.3, -0.25) is 4.98 Å². The highest BCUT2D eigenvalue weighted by atomic mass is 127. The summed E-state index contributed by atoms with van der Waals surface area (Å²) >= 11 is 5.99. The molecule has 23 heavy (non-hydrogen) atoms. The van der Waals surface area contributed by atoms with Gasteiger partial charge in [-0.05, 0) is 43.2 Å². The lowest BCUT2D eigenvalue weighted by Gasteiger charge is -2.11. The van der Waals surface area contributed by atoms with E-state index >= 15 is 0 Å². The average molecular weight is 445 g/mol. The molecule has 0 radical (unpaired) electrons. The largest absolute Gasteiger partial charge is 0.357 e. The summed E-state index contributed by atoms with van der Waals surface area (Å²) < 4.78 is 0. The van der Waals surface area contributed by atoms with Crippen molar-refractivity contribution in [2.75, 3.05) is 13.1 Å². The first-order valence-corrected chi connectivity index (χ1v) is 7.82. The maximum atomic E-state index is 5.99. The molecule has 0 aliphatic rings. The van der Waals surface area contributed by atoms with E-state index in [1.165, 1.54) is 5.56 Å². The summed E-state index contributed by atoms with van der Waals surface area (Å²) in [4.78, 5) is 8.81. The van der Waals surface area contributed by atoms with Gasteiger partial charge in [-0.2, -0.15) is 0 Å². The summed E-state index contributed by atoms with van der Waals surface area (Å²) in [5.74, 6) is 0.801. The Hall–Kier alpha value is -1.34. The van der Waals surface area contributed by atoms with Crippen LogP contribution >= 0.6 is 35.6 Å². The molecule has 1 aromatic heterocycles. The molecular formula is C17H22ClIN4. The summed E-state index contributed by atoms with van der Waals surface area (Å²) in [6.07, 6.45) is 2.68. The van der Waals surface area contributed by atoms with E-state index < -0.39 is 0 Å². The Kier molecular flexibility index (Phi) is 9.63. The number of aromatic nitrogens is 1. The Morgan fingerprint density at radius 3 is 2.74 bits per heavy atom. The van der Waals surface area contributed by atoms with Gasteiger partial charge in [0.15, 0.2) is 5.96 Å². The number of guanidine groups is 1. The number of nitrogens with zero attached hydrogens (tertiary/aromatic N) is 2. The second kappa shape index (κ2) is 11.2. The monoisotopic (exact) mass is 444 g/mol. The molecule has 0 saturated heterocycles. The lowest BCUT2D eigenvalue weighted by molar-refractivity contribution is 0.797. The van der Waals surface area contributed by atoms with Crippen LogP contribution in [0, 0.1) is 0 Å². The molecule has 0 fully saturated rings. The molecule has 1 heterocycles. The predicted octanol–water partition coefficient (Wildman–Crippen LogP) is 3.65. The second-order valence-corrected chi connectivity index (χ2v) is 5.26. The predicted molar refractivity (Wildman–Crippen MR) is 108 cm³/mol. The topological polar surface area (TPSA) is 49.3 Å². The fourth-order valence-electron chi connectivity index (χ4n) is 2.01. The van der Waals surface area contributed by atoms with Crippen molar-refractivity contribution >= 4 is 41.5 Å². The molecular weight excluding hydrogens is 423 g/mol. The highest BCUT2D eigenvalue weighted by Gasteiger charge is 1.99. The highest BCUT2D eigenvalue weighted by molar-refractivity contribution is 14.0. The van der Waals surface area contributed by atoms with E-state index in [9.17, 15) is 0 Å². The van der Waals surface area contributed by atoms with Crippen LogP contribution in [0.2, 0.25) is 5.02 Å². The third-order valence-corrected chi connectivity index (χ3v) is 3.30. The Bertz CT molecular complexity index is 605. The smallest absolute Gasteiger partial charge is 0.191 e. The van der Waals surface area contributed by atoms with Crippen LogP contribution < -0.4 is 10.6 Å². The van der Waals surface area contributed by atoms with Crippen molar-refractivity contribution in [2.24, 2.45) is 4.99 Å². The quantitative estimate of drug-likeness (QED) is 0.406. The van der Waals surface area contributed by atoms with Crippen LogP contribution in [-0.4, -0.2) is 24.0 Å². The molecule has 6 heteroatoms. The van der Waals surface area contributed by atoms with E-state index in [-0.39, 0.29) is 24.0 Å². The fourth-order valence-corrected chi connectivity index (χ4v) is 2.22. The number of halogens is 2. The molecule has 2 rings (SSSR count). The molecule has 4 nitrogen and oxygen atoms in total. The molecule has 0 bridgehead atoms. The van der Waals surface area contributed by atoms with E-state index in [4.69, 9.17) is 11.6 Å². The zero-order chi connectivity index (χ0) is 15.6. The highest BCUT2D eigenvalue weighted by Crippen LogP contribution is 2.10. The molecule has 0 saturated carbocycles. The van der Waals surface area contributed by atoms with Crippen molar-refractivity contribution in [2.45, 2.75) is 19.9 Å². The zero-order valence-electron chi connectivity index (χ0n) is 13.1. The van der Waals surface area contributed by atoms with E-state index in [1.54, 1.807) is 6.20 Å². The third kappa shape index (κ3) is 7.65. The minimum absolute atomic E-state index is 0. The van der Waals surface area contributed by atoms with E-state index in [0.29, 0.717) is 6.54 Å². The van der Waals surface area contributed by atoms with Gasteiger partial charge in [0.05, 0.1) is 12.2 Å². The Morgan fingerprint density at radius 2 is 2.04 bits per heavy atom. The first-order chi connectivity index (χ1) is 10.8. The first-order valence-electron chi connectivity index (χ1n) is 7.44. The Labute approximate surface area is 159 Å². The van der Waals surface area contributed by atoms with Gasteiger partial charge < -0.3 is 10.6 Å². The number of pyridine rings is 1. The molecule has 0 spiro atoms. The molecule has 0 aliphatic heterocycles. The van der Waals surface area contributed by atoms with Crippen molar-refractivity contribution in [1.82, 2.24) is 15.6 Å². The van der Waals surface area contributed by atoms with Crippen LogP contribution in [0.25, 0.3) is 0 Å². The number of aliphatic imine (C=N–C) groups is 1. The van der Waals surface area contributed by atoms with Crippen LogP contribution in [-0.2, 0) is 13.0 Å². The molecule has 0 atom stereocenters. The number of benzene rings is 1. The van der Waals surface area contributed by atoms with Crippen molar-refractivity contribution in [1.29, 1.82) is 0 Å². The van der Waals surface area contributed by atoms with E-state index in [0.717, 1.165) is 36.2 Å². The SMILES string of the molecule is CCNC(=NCc1ccccn1)NCCc1cccc(Cl)c1.I. The minimum Gasteiger partial charge on any atom is -0.357 e. The third-order valence-electron chi connectivity index (χ3n) is 3.06. The van der Waals surface area contributed by atoms with Crippen molar-refractivity contribution in [3.63, 3.8) is 0 Å². The summed E-state index contributed by atoms with van der Waals surface area (Å²) in [5, 5.41) is 7.33. The maximum absolute atomic E-state index is 5.99. The molecule has 2 aromatic rings. The van der Waals surface area contributed by atoms with Gasteiger partial charge >= 0.3 is 0 Å². The Morgan fingerprint density at radius 1 is 1.17 bits per heavy atom. The molecule has 124 valence electrons. The molecule has 0 amide bonds. The van der Waals surface area contributed by atoms with Crippen LogP contribution in [0.3, 0.4) is 0 Å². The summed E-state index contributed by atoms with van der Waals surface area (Å²) in [5.41, 5.74) is 2.16.